The van der Waals surface area contributed by atoms with Crippen molar-refractivity contribution in [2.45, 2.75) is 31.4 Å². The van der Waals surface area contributed by atoms with E-state index in [2.05, 4.69) is 5.32 Å². The second-order valence-electron chi connectivity index (χ2n) is 4.20. The molecule has 3 nitrogen and oxygen atoms in total. The maximum absolute atomic E-state index is 13.6. The number of benzene rings is 1. The molecule has 2 unspecified atom stereocenters. The third kappa shape index (κ3) is 2.27. The molecule has 0 aromatic heterocycles. The van der Waals surface area contributed by atoms with Crippen LogP contribution in [0.25, 0.3) is 0 Å². The first-order valence-electron chi connectivity index (χ1n) is 5.55. The molecule has 16 heavy (non-hydrogen) atoms. The van der Waals surface area contributed by atoms with Gasteiger partial charge in [0.05, 0.1) is 17.8 Å². The first-order valence-corrected chi connectivity index (χ1v) is 5.55. The Bertz CT molecular complexity index is 370. The summed E-state index contributed by atoms with van der Waals surface area (Å²) in [7, 11) is 1.70. The molecule has 0 spiro atoms. The predicted octanol–water partition coefficient (Wildman–Crippen LogP) is 2.39. The van der Waals surface area contributed by atoms with E-state index in [-0.39, 0.29) is 18.0 Å². The van der Waals surface area contributed by atoms with Crippen LogP contribution >= 0.6 is 0 Å². The van der Waals surface area contributed by atoms with Gasteiger partial charge in [-0.05, 0) is 37.5 Å². The summed E-state index contributed by atoms with van der Waals surface area (Å²) in [5.74, 6) is -0.304. The molecule has 1 aromatic rings. The van der Waals surface area contributed by atoms with Crippen LogP contribution < -0.4 is 11.1 Å². The fraction of sp³-hybridized carbons (Fsp3) is 0.500. The zero-order valence-electron chi connectivity index (χ0n) is 9.37. The number of halogens is 1. The number of anilines is 2. The van der Waals surface area contributed by atoms with Crippen molar-refractivity contribution in [3.8, 4) is 0 Å². The van der Waals surface area contributed by atoms with Gasteiger partial charge in [-0.15, -0.1) is 0 Å². The summed E-state index contributed by atoms with van der Waals surface area (Å²) < 4.78 is 18.9. The van der Waals surface area contributed by atoms with E-state index < -0.39 is 0 Å². The normalized spacial score (nSPS) is 24.6. The van der Waals surface area contributed by atoms with E-state index in [1.807, 2.05) is 0 Å². The summed E-state index contributed by atoms with van der Waals surface area (Å²) in [6, 6.07) is 4.90. The highest BCUT2D eigenvalue weighted by Crippen LogP contribution is 2.26. The molecule has 0 amide bonds. The Balaban J connectivity index is 2.08. The molecular formula is C12H17FN2O. The van der Waals surface area contributed by atoms with Crippen molar-refractivity contribution >= 4 is 11.4 Å². The number of methoxy groups -OCH3 is 1. The molecule has 0 heterocycles. The Hall–Kier alpha value is -1.29. The largest absolute Gasteiger partial charge is 0.399 e. The summed E-state index contributed by atoms with van der Waals surface area (Å²) >= 11 is 0. The van der Waals surface area contributed by atoms with Crippen molar-refractivity contribution in [2.75, 3.05) is 18.2 Å². The van der Waals surface area contributed by atoms with E-state index in [0.717, 1.165) is 19.3 Å². The summed E-state index contributed by atoms with van der Waals surface area (Å²) in [5, 5.41) is 3.18. The minimum absolute atomic E-state index is 0.178. The van der Waals surface area contributed by atoms with Crippen LogP contribution in [0.3, 0.4) is 0 Å². The molecule has 0 aliphatic heterocycles. The van der Waals surface area contributed by atoms with Crippen LogP contribution in [-0.2, 0) is 4.74 Å². The first kappa shape index (κ1) is 11.2. The second kappa shape index (κ2) is 4.70. The fourth-order valence-corrected chi connectivity index (χ4v) is 2.22. The van der Waals surface area contributed by atoms with Crippen LogP contribution in [0, 0.1) is 5.82 Å². The summed E-state index contributed by atoms with van der Waals surface area (Å²) in [6.45, 7) is 0. The van der Waals surface area contributed by atoms with E-state index in [4.69, 9.17) is 10.5 Å². The average Bonchev–Trinajstić information content (AvgIpc) is 2.69. The first-order chi connectivity index (χ1) is 7.70. The highest BCUT2D eigenvalue weighted by molar-refractivity contribution is 5.53. The minimum Gasteiger partial charge on any atom is -0.399 e. The number of nitrogen functional groups attached to an aromatic ring is 1. The van der Waals surface area contributed by atoms with Crippen LogP contribution in [0.4, 0.5) is 15.8 Å². The van der Waals surface area contributed by atoms with Gasteiger partial charge in [-0.1, -0.05) is 0 Å². The third-order valence-corrected chi connectivity index (χ3v) is 3.09. The summed E-state index contributed by atoms with van der Waals surface area (Å²) in [4.78, 5) is 0. The number of hydrogen-bond acceptors (Lipinski definition) is 3. The van der Waals surface area contributed by atoms with E-state index in [0.29, 0.717) is 11.4 Å². The second-order valence-corrected chi connectivity index (χ2v) is 4.20. The molecule has 0 saturated heterocycles. The smallest absolute Gasteiger partial charge is 0.148 e. The van der Waals surface area contributed by atoms with Crippen LogP contribution in [0.1, 0.15) is 19.3 Å². The topological polar surface area (TPSA) is 47.3 Å². The number of rotatable bonds is 3. The van der Waals surface area contributed by atoms with Crippen LogP contribution in [0.2, 0.25) is 0 Å². The maximum Gasteiger partial charge on any atom is 0.148 e. The predicted molar refractivity (Wildman–Crippen MR) is 62.9 cm³/mol. The van der Waals surface area contributed by atoms with Gasteiger partial charge in [-0.25, -0.2) is 4.39 Å². The SMILES string of the molecule is COC1CCCC1Nc1ccc(N)cc1F. The summed E-state index contributed by atoms with van der Waals surface area (Å²) in [6.07, 6.45) is 3.34. The average molecular weight is 224 g/mol. The molecule has 0 radical (unpaired) electrons. The Morgan fingerprint density at radius 3 is 2.94 bits per heavy atom. The van der Waals surface area contributed by atoms with Gasteiger partial charge >= 0.3 is 0 Å². The molecule has 2 atom stereocenters. The maximum atomic E-state index is 13.6. The van der Waals surface area contributed by atoms with Crippen LogP contribution in [-0.4, -0.2) is 19.3 Å². The van der Waals surface area contributed by atoms with Gasteiger partial charge in [0.1, 0.15) is 5.82 Å². The Morgan fingerprint density at radius 1 is 1.44 bits per heavy atom. The van der Waals surface area contributed by atoms with Gasteiger partial charge in [0.15, 0.2) is 0 Å². The van der Waals surface area contributed by atoms with Gasteiger partial charge in [-0.3, -0.25) is 0 Å². The lowest BCUT2D eigenvalue weighted by atomic mass is 10.2. The van der Waals surface area contributed by atoms with Crippen molar-refractivity contribution in [1.29, 1.82) is 0 Å². The number of nitrogens with two attached hydrogens (primary N) is 1. The van der Waals surface area contributed by atoms with Gasteiger partial charge in [0.2, 0.25) is 0 Å². The van der Waals surface area contributed by atoms with Crippen molar-refractivity contribution in [1.82, 2.24) is 0 Å². The van der Waals surface area contributed by atoms with E-state index in [9.17, 15) is 4.39 Å². The summed E-state index contributed by atoms with van der Waals surface area (Å²) in [5.41, 5.74) is 6.44. The minimum atomic E-state index is -0.304. The fourth-order valence-electron chi connectivity index (χ4n) is 2.22. The molecule has 3 N–H and O–H groups in total. The quantitative estimate of drug-likeness (QED) is 0.775. The Labute approximate surface area is 94.8 Å². The molecule has 2 rings (SSSR count). The van der Waals surface area contributed by atoms with Crippen molar-refractivity contribution in [3.05, 3.63) is 24.0 Å². The van der Waals surface area contributed by atoms with Crippen LogP contribution in [0.5, 0.6) is 0 Å². The van der Waals surface area contributed by atoms with Gasteiger partial charge in [0.25, 0.3) is 0 Å². The van der Waals surface area contributed by atoms with Gasteiger partial charge in [0, 0.05) is 12.8 Å². The van der Waals surface area contributed by atoms with Crippen molar-refractivity contribution in [2.24, 2.45) is 0 Å². The molecule has 0 bridgehead atoms. The number of ether oxygens (including phenoxy) is 1. The lowest BCUT2D eigenvalue weighted by Gasteiger charge is -2.21. The van der Waals surface area contributed by atoms with Crippen molar-refractivity contribution in [3.63, 3.8) is 0 Å². The zero-order chi connectivity index (χ0) is 11.5. The van der Waals surface area contributed by atoms with E-state index >= 15 is 0 Å². The monoisotopic (exact) mass is 224 g/mol. The molecule has 1 aliphatic rings. The standard InChI is InChI=1S/C12H17FN2O/c1-16-12-4-2-3-11(12)15-10-6-5-8(14)7-9(10)13/h5-7,11-12,15H,2-4,14H2,1H3. The number of nitrogens with one attached hydrogen (secondary N) is 1. The lowest BCUT2D eigenvalue weighted by Crippen LogP contribution is -2.30. The number of hydrogen-bond donors (Lipinski definition) is 2. The van der Waals surface area contributed by atoms with E-state index in [1.165, 1.54) is 6.07 Å². The van der Waals surface area contributed by atoms with E-state index in [1.54, 1.807) is 19.2 Å². The van der Waals surface area contributed by atoms with Gasteiger partial charge in [-0.2, -0.15) is 0 Å². The zero-order valence-corrected chi connectivity index (χ0v) is 9.37. The lowest BCUT2D eigenvalue weighted by molar-refractivity contribution is 0.101. The third-order valence-electron chi connectivity index (χ3n) is 3.09. The highest BCUT2D eigenvalue weighted by atomic mass is 19.1. The Kier molecular flexibility index (Phi) is 3.29. The molecular weight excluding hydrogens is 207 g/mol. The highest BCUT2D eigenvalue weighted by Gasteiger charge is 2.27. The van der Waals surface area contributed by atoms with Crippen molar-refractivity contribution < 1.29 is 9.13 Å². The molecule has 4 heteroatoms. The van der Waals surface area contributed by atoms with Gasteiger partial charge < -0.3 is 15.8 Å². The van der Waals surface area contributed by atoms with Crippen LogP contribution in [0.15, 0.2) is 18.2 Å². The molecule has 88 valence electrons. The molecule has 1 saturated carbocycles. The molecule has 1 aliphatic carbocycles. The molecule has 1 aromatic carbocycles. The molecule has 1 fully saturated rings. The Morgan fingerprint density at radius 2 is 2.25 bits per heavy atom.